The summed E-state index contributed by atoms with van der Waals surface area (Å²) in [6.45, 7) is 5.53. The highest BCUT2D eigenvalue weighted by Gasteiger charge is 2.25. The van der Waals surface area contributed by atoms with Crippen LogP contribution in [-0.4, -0.2) is 43.8 Å². The molecule has 0 bridgehead atoms. The Kier molecular flexibility index (Phi) is 11.2. The Labute approximate surface area is 179 Å². The molecule has 1 aromatic carbocycles. The monoisotopic (exact) mass is 493 g/mol. The lowest BCUT2D eigenvalue weighted by molar-refractivity contribution is 0.310. The maximum atomic E-state index is 5.64. The summed E-state index contributed by atoms with van der Waals surface area (Å²) in [5, 5.41) is 7.75. The highest BCUT2D eigenvalue weighted by atomic mass is 127. The number of nitrogens with zero attached hydrogens (tertiary/aromatic N) is 1. The van der Waals surface area contributed by atoms with Crippen molar-refractivity contribution in [1.82, 2.24) is 10.6 Å². The van der Waals surface area contributed by atoms with Crippen LogP contribution in [0.2, 0.25) is 0 Å². The molecule has 0 heterocycles. The minimum atomic E-state index is 0. The molecule has 148 valence electrons. The number of methoxy groups -OCH3 is 1. The Balaban J connectivity index is 0.00000338. The van der Waals surface area contributed by atoms with Gasteiger partial charge in [-0.1, -0.05) is 13.0 Å². The molecule has 1 fully saturated rings. The first-order valence-electron chi connectivity index (χ1n) is 9.08. The predicted octanol–water partition coefficient (Wildman–Crippen LogP) is 4.05. The number of thioether (sulfide) groups is 1. The maximum Gasteiger partial charge on any atom is 0.191 e. The van der Waals surface area contributed by atoms with E-state index in [0.29, 0.717) is 19.2 Å². The second-order valence-corrected chi connectivity index (χ2v) is 7.65. The molecule has 1 aliphatic carbocycles. The standard InChI is InChI=1S/C19H31N3O2S.HI/c1-5-24-18-11-14(7-10-17(18)23-4)13-21-19(20-3)22-15-8-9-16(12-15)25-6-2;/h7,10-11,15-16H,5-6,8-9,12-13H2,1-4H3,(H2,20,21,22);1H. The molecule has 1 aliphatic rings. The summed E-state index contributed by atoms with van der Waals surface area (Å²) in [5.41, 5.74) is 1.14. The number of aliphatic imine (C=N–C) groups is 1. The van der Waals surface area contributed by atoms with Gasteiger partial charge in [0.15, 0.2) is 17.5 Å². The fraction of sp³-hybridized carbons (Fsp3) is 0.632. The zero-order chi connectivity index (χ0) is 18.1. The Hall–Kier alpha value is -0.830. The fourth-order valence-corrected chi connectivity index (χ4v) is 4.27. The number of ether oxygens (including phenoxy) is 2. The molecule has 0 saturated heterocycles. The minimum absolute atomic E-state index is 0. The van der Waals surface area contributed by atoms with Crippen LogP contribution in [0.3, 0.4) is 0 Å². The van der Waals surface area contributed by atoms with E-state index in [1.54, 1.807) is 7.11 Å². The van der Waals surface area contributed by atoms with Crippen LogP contribution in [0.15, 0.2) is 23.2 Å². The van der Waals surface area contributed by atoms with Crippen LogP contribution in [0.1, 0.15) is 38.7 Å². The van der Waals surface area contributed by atoms with E-state index in [0.717, 1.165) is 28.3 Å². The molecule has 2 unspecified atom stereocenters. The molecule has 1 saturated carbocycles. The van der Waals surface area contributed by atoms with Crippen LogP contribution in [0.4, 0.5) is 0 Å². The zero-order valence-corrected chi connectivity index (χ0v) is 19.4. The van der Waals surface area contributed by atoms with Gasteiger partial charge in [-0.25, -0.2) is 0 Å². The van der Waals surface area contributed by atoms with E-state index in [1.165, 1.54) is 25.0 Å². The first kappa shape index (κ1) is 23.2. The number of nitrogens with one attached hydrogen (secondary N) is 2. The first-order valence-corrected chi connectivity index (χ1v) is 10.1. The molecule has 7 heteroatoms. The Morgan fingerprint density at radius 1 is 1.27 bits per heavy atom. The zero-order valence-electron chi connectivity index (χ0n) is 16.2. The summed E-state index contributed by atoms with van der Waals surface area (Å²) in [7, 11) is 3.48. The third kappa shape index (κ3) is 7.06. The summed E-state index contributed by atoms with van der Waals surface area (Å²) in [6.07, 6.45) is 3.73. The molecule has 0 aliphatic heterocycles. The van der Waals surface area contributed by atoms with Crippen LogP contribution in [0.5, 0.6) is 11.5 Å². The Bertz CT molecular complexity index is 572. The van der Waals surface area contributed by atoms with E-state index in [1.807, 2.05) is 32.2 Å². The number of hydrogen-bond acceptors (Lipinski definition) is 4. The van der Waals surface area contributed by atoms with E-state index in [2.05, 4.69) is 34.3 Å². The molecule has 0 aromatic heterocycles. The molecule has 0 amide bonds. The maximum absolute atomic E-state index is 5.64. The number of guanidine groups is 1. The normalized spacial score (nSPS) is 19.6. The van der Waals surface area contributed by atoms with Gasteiger partial charge in [0, 0.05) is 24.9 Å². The van der Waals surface area contributed by atoms with Crippen molar-refractivity contribution in [2.24, 2.45) is 4.99 Å². The molecule has 2 rings (SSSR count). The molecule has 5 nitrogen and oxygen atoms in total. The van der Waals surface area contributed by atoms with Gasteiger partial charge < -0.3 is 20.1 Å². The summed E-state index contributed by atoms with van der Waals surface area (Å²) >= 11 is 2.07. The van der Waals surface area contributed by atoms with Crippen molar-refractivity contribution in [3.63, 3.8) is 0 Å². The molecule has 1 aromatic rings. The molecular weight excluding hydrogens is 461 g/mol. The number of benzene rings is 1. The van der Waals surface area contributed by atoms with Crippen molar-refractivity contribution >= 4 is 41.7 Å². The molecule has 2 atom stereocenters. The largest absolute Gasteiger partial charge is 0.493 e. The van der Waals surface area contributed by atoms with E-state index in [-0.39, 0.29) is 24.0 Å². The SMILES string of the molecule is CCOc1cc(CNC(=NC)NC2CCC(SCC)C2)ccc1OC.I. The number of halogens is 1. The number of hydrogen-bond donors (Lipinski definition) is 2. The van der Waals surface area contributed by atoms with Crippen LogP contribution >= 0.6 is 35.7 Å². The lowest BCUT2D eigenvalue weighted by Gasteiger charge is -2.18. The van der Waals surface area contributed by atoms with Gasteiger partial charge >= 0.3 is 0 Å². The van der Waals surface area contributed by atoms with Gasteiger partial charge in [-0.2, -0.15) is 11.8 Å². The Morgan fingerprint density at radius 2 is 2.08 bits per heavy atom. The highest BCUT2D eigenvalue weighted by Crippen LogP contribution is 2.30. The second kappa shape index (κ2) is 12.5. The van der Waals surface area contributed by atoms with E-state index in [9.17, 15) is 0 Å². The molecule has 26 heavy (non-hydrogen) atoms. The number of rotatable bonds is 8. The van der Waals surface area contributed by atoms with Gasteiger partial charge in [0.1, 0.15) is 0 Å². The lowest BCUT2D eigenvalue weighted by Crippen LogP contribution is -2.42. The van der Waals surface area contributed by atoms with Gasteiger partial charge in [0.2, 0.25) is 0 Å². The van der Waals surface area contributed by atoms with Gasteiger partial charge in [-0.15, -0.1) is 24.0 Å². The third-order valence-corrected chi connectivity index (χ3v) is 5.57. The molecule has 2 N–H and O–H groups in total. The average molecular weight is 493 g/mol. The topological polar surface area (TPSA) is 54.9 Å². The van der Waals surface area contributed by atoms with Crippen LogP contribution in [0.25, 0.3) is 0 Å². The van der Waals surface area contributed by atoms with E-state index in [4.69, 9.17) is 9.47 Å². The fourth-order valence-electron chi connectivity index (χ4n) is 3.13. The Morgan fingerprint density at radius 3 is 2.73 bits per heavy atom. The average Bonchev–Trinajstić information content (AvgIpc) is 3.06. The van der Waals surface area contributed by atoms with E-state index >= 15 is 0 Å². The molecular formula is C19H32IN3O2S. The van der Waals surface area contributed by atoms with Crippen molar-refractivity contribution in [1.29, 1.82) is 0 Å². The van der Waals surface area contributed by atoms with Crippen molar-refractivity contribution in [3.8, 4) is 11.5 Å². The lowest BCUT2D eigenvalue weighted by atomic mass is 10.2. The van der Waals surface area contributed by atoms with Crippen molar-refractivity contribution in [3.05, 3.63) is 23.8 Å². The summed E-state index contributed by atoms with van der Waals surface area (Å²) in [5.74, 6) is 3.60. The first-order chi connectivity index (χ1) is 12.2. The van der Waals surface area contributed by atoms with Crippen LogP contribution < -0.4 is 20.1 Å². The van der Waals surface area contributed by atoms with Gasteiger partial charge in [0.25, 0.3) is 0 Å². The van der Waals surface area contributed by atoms with Gasteiger partial charge in [-0.05, 0) is 49.6 Å². The third-order valence-electron chi connectivity index (χ3n) is 4.34. The van der Waals surface area contributed by atoms with Crippen LogP contribution in [0, 0.1) is 0 Å². The van der Waals surface area contributed by atoms with E-state index < -0.39 is 0 Å². The van der Waals surface area contributed by atoms with Gasteiger partial charge in [0.05, 0.1) is 13.7 Å². The predicted molar refractivity (Wildman–Crippen MR) is 122 cm³/mol. The summed E-state index contributed by atoms with van der Waals surface area (Å²) < 4.78 is 11.0. The van der Waals surface area contributed by atoms with Gasteiger partial charge in [-0.3, -0.25) is 4.99 Å². The van der Waals surface area contributed by atoms with Crippen LogP contribution in [-0.2, 0) is 6.54 Å². The summed E-state index contributed by atoms with van der Waals surface area (Å²) in [4.78, 5) is 4.36. The smallest absolute Gasteiger partial charge is 0.191 e. The second-order valence-electron chi connectivity index (χ2n) is 6.08. The quantitative estimate of drug-likeness (QED) is 0.325. The van der Waals surface area contributed by atoms with Crippen molar-refractivity contribution in [2.75, 3.05) is 26.5 Å². The highest BCUT2D eigenvalue weighted by molar-refractivity contribution is 14.0. The van der Waals surface area contributed by atoms with Crippen molar-refractivity contribution < 1.29 is 9.47 Å². The summed E-state index contributed by atoms with van der Waals surface area (Å²) in [6, 6.07) is 6.53. The molecule has 0 spiro atoms. The van der Waals surface area contributed by atoms with Crippen molar-refractivity contribution in [2.45, 2.75) is 50.9 Å². The minimum Gasteiger partial charge on any atom is -0.493 e. The molecule has 0 radical (unpaired) electrons.